The third-order valence-corrected chi connectivity index (χ3v) is 11.8. The number of rotatable bonds is 31. The second kappa shape index (κ2) is 34.0. The third kappa shape index (κ3) is 23.4. The van der Waals surface area contributed by atoms with Gasteiger partial charge in [-0.1, -0.05) is 86.7 Å². The van der Waals surface area contributed by atoms with Crippen LogP contribution in [0.5, 0.6) is 23.0 Å². The van der Waals surface area contributed by atoms with Crippen LogP contribution in [-0.4, -0.2) is 62.9 Å². The number of unbranched alkanes of at least 4 members (excludes halogenated alkanes) is 9. The Morgan fingerprint density at radius 3 is 1.07 bits per heavy atom. The molecule has 5 rings (SSSR count). The quantitative estimate of drug-likeness (QED) is 0.0104. The Labute approximate surface area is 462 Å². The van der Waals surface area contributed by atoms with E-state index in [2.05, 4.69) is 75.2 Å². The highest BCUT2D eigenvalue weighted by atomic mass is 19.4. The van der Waals surface area contributed by atoms with E-state index in [4.69, 9.17) is 33.2 Å². The summed E-state index contributed by atoms with van der Waals surface area (Å²) in [7, 11) is 0. The van der Waals surface area contributed by atoms with Crippen molar-refractivity contribution in [1.82, 2.24) is 0 Å². The van der Waals surface area contributed by atoms with Gasteiger partial charge in [0.05, 0.1) is 44.2 Å². The Bertz CT molecular complexity index is 2640. The number of carbonyl (C=O) groups is 5. The molecule has 0 spiro atoms. The lowest BCUT2D eigenvalue weighted by Gasteiger charge is -2.21. The molecule has 5 aromatic carbocycles. The number of hydrogen-bond donors (Lipinski definition) is 0. The molecule has 0 N–H and O–H groups in total. The maximum Gasteiger partial charge on any atom is 0.420 e. The van der Waals surface area contributed by atoms with Gasteiger partial charge in [-0.3, -0.25) is 0 Å². The predicted octanol–water partition coefficient (Wildman–Crippen LogP) is 15.0. The van der Waals surface area contributed by atoms with Gasteiger partial charge < -0.3 is 33.2 Å². The van der Waals surface area contributed by atoms with Crippen molar-refractivity contribution in [3.8, 4) is 34.1 Å². The zero-order valence-corrected chi connectivity index (χ0v) is 44.6. The highest BCUT2D eigenvalue weighted by molar-refractivity contribution is 5.92. The van der Waals surface area contributed by atoms with Crippen LogP contribution in [0.1, 0.15) is 120 Å². The largest absolute Gasteiger partial charge is 0.494 e. The highest BCUT2D eigenvalue weighted by Gasteiger charge is 2.49. The zero-order chi connectivity index (χ0) is 58.3. The lowest BCUT2D eigenvalue weighted by atomic mass is 10.0. The minimum absolute atomic E-state index is 0.263. The van der Waals surface area contributed by atoms with E-state index in [9.17, 15) is 50.3 Å². The van der Waals surface area contributed by atoms with Gasteiger partial charge in [0.25, 0.3) is 0 Å². The summed E-state index contributed by atoms with van der Waals surface area (Å²) < 4.78 is 121. The summed E-state index contributed by atoms with van der Waals surface area (Å²) in [6, 6.07) is 28.5. The molecule has 0 unspecified atom stereocenters. The van der Waals surface area contributed by atoms with Gasteiger partial charge in [0, 0.05) is 18.2 Å². The van der Waals surface area contributed by atoms with Crippen LogP contribution in [0.15, 0.2) is 147 Å². The molecule has 0 amide bonds. The van der Waals surface area contributed by atoms with Crippen LogP contribution in [0, 0.1) is 6.92 Å². The third-order valence-electron chi connectivity index (χ3n) is 11.8. The summed E-state index contributed by atoms with van der Waals surface area (Å²) in [6.45, 7) is 13.7. The van der Waals surface area contributed by atoms with Crippen LogP contribution in [0.25, 0.3) is 11.1 Å². The van der Waals surface area contributed by atoms with E-state index in [1.54, 1.807) is 0 Å². The van der Waals surface area contributed by atoms with Gasteiger partial charge in [0.15, 0.2) is 0 Å². The maximum atomic E-state index is 14.3. The normalized spacial score (nSPS) is 11.0. The van der Waals surface area contributed by atoms with Gasteiger partial charge in [-0.05, 0) is 155 Å². The first kappa shape index (κ1) is 64.4. The molecule has 0 heterocycles. The van der Waals surface area contributed by atoms with Gasteiger partial charge in [-0.2, -0.15) is 26.3 Å². The Hall–Kier alpha value is -8.15. The fourth-order valence-electron chi connectivity index (χ4n) is 7.57. The first-order chi connectivity index (χ1) is 38.3. The Balaban J connectivity index is 0.000000475. The molecule has 428 valence electrons. The molecule has 0 atom stereocenters. The lowest BCUT2D eigenvalue weighted by Crippen LogP contribution is -2.22. The Morgan fingerprint density at radius 1 is 0.412 bits per heavy atom. The number of ether oxygens (including phenoxy) is 7. The molecule has 0 saturated carbocycles. The summed E-state index contributed by atoms with van der Waals surface area (Å²) in [5.74, 6) is -6.37. The molecule has 0 aromatic heterocycles. The van der Waals surface area contributed by atoms with Crippen molar-refractivity contribution in [3.05, 3.63) is 181 Å². The molecule has 0 aliphatic heterocycles. The van der Waals surface area contributed by atoms with Crippen molar-refractivity contribution in [1.29, 1.82) is 0 Å². The van der Waals surface area contributed by atoms with Crippen molar-refractivity contribution >= 4 is 29.8 Å². The highest BCUT2D eigenvalue weighted by Crippen LogP contribution is 2.49. The van der Waals surface area contributed by atoms with E-state index in [1.807, 2.05) is 0 Å². The molecule has 0 radical (unpaired) electrons. The molecule has 0 aliphatic carbocycles. The molecular weight excluding hydrogens is 1050 g/mol. The van der Waals surface area contributed by atoms with E-state index in [0.29, 0.717) is 69.1 Å². The number of hydrogen-bond acceptors (Lipinski definition) is 12. The van der Waals surface area contributed by atoms with E-state index < -0.39 is 58.9 Å². The van der Waals surface area contributed by atoms with Gasteiger partial charge in [0.2, 0.25) is 0 Å². The summed E-state index contributed by atoms with van der Waals surface area (Å²) in [5.41, 5.74) is -0.0739. The van der Waals surface area contributed by atoms with Gasteiger partial charge in [0.1, 0.15) is 34.1 Å². The van der Waals surface area contributed by atoms with Crippen LogP contribution in [-0.2, 0) is 47.4 Å². The van der Waals surface area contributed by atoms with Gasteiger partial charge in [-0.15, -0.1) is 0 Å². The standard InChI is InChI=1S/C40H40F6O10.C22H26O2/c1-3-33(47)53-25-11-7-5-9-23-51-29-17-13-27(14-18-29)37(49)55-31-21-22-32(36(40(44,45)46)35(31)39(41,42)43)56-38(50)28-15-19-30(20-16-28)52-24-10-6-8-12-26-54-34(48)4-2;1-3-22(23)24-17-7-5-4-6-8-19-11-15-21(16-12-19)20-13-9-18(2)10-14-20/h3-4,13-22H,1-2,5-12,23-26H2;3,9-16H,1,4-8,17H2,2H3. The van der Waals surface area contributed by atoms with Crippen molar-refractivity contribution in [3.63, 3.8) is 0 Å². The summed E-state index contributed by atoms with van der Waals surface area (Å²) in [6.07, 6.45) is 3.06. The Morgan fingerprint density at radius 2 is 0.738 bits per heavy atom. The van der Waals surface area contributed by atoms with Crippen LogP contribution in [0.3, 0.4) is 0 Å². The van der Waals surface area contributed by atoms with Crippen molar-refractivity contribution in [2.75, 3.05) is 33.0 Å². The van der Waals surface area contributed by atoms with Crippen LogP contribution < -0.4 is 18.9 Å². The minimum atomic E-state index is -5.70. The van der Waals surface area contributed by atoms with Crippen molar-refractivity contribution in [2.45, 2.75) is 103 Å². The second-order valence-electron chi connectivity index (χ2n) is 18.0. The zero-order valence-electron chi connectivity index (χ0n) is 44.6. The topological polar surface area (TPSA) is 150 Å². The summed E-state index contributed by atoms with van der Waals surface area (Å²) >= 11 is 0. The lowest BCUT2D eigenvalue weighted by molar-refractivity contribution is -0.163. The van der Waals surface area contributed by atoms with Crippen LogP contribution in [0.2, 0.25) is 0 Å². The number of esters is 5. The minimum Gasteiger partial charge on any atom is -0.494 e. The molecule has 80 heavy (non-hydrogen) atoms. The first-order valence-corrected chi connectivity index (χ1v) is 26.1. The Kier molecular flexibility index (Phi) is 27.3. The fourth-order valence-corrected chi connectivity index (χ4v) is 7.57. The second-order valence-corrected chi connectivity index (χ2v) is 18.0. The van der Waals surface area contributed by atoms with Gasteiger partial charge in [-0.25, -0.2) is 24.0 Å². The molecule has 18 heteroatoms. The maximum absolute atomic E-state index is 14.3. The summed E-state index contributed by atoms with van der Waals surface area (Å²) in [5, 5.41) is 0. The number of carbonyl (C=O) groups excluding carboxylic acids is 5. The predicted molar refractivity (Wildman–Crippen MR) is 289 cm³/mol. The molecular formula is C62H66F6O12. The number of benzene rings is 5. The summed E-state index contributed by atoms with van der Waals surface area (Å²) in [4.78, 5) is 58.5. The number of alkyl halides is 6. The van der Waals surface area contributed by atoms with E-state index in [-0.39, 0.29) is 30.3 Å². The number of halogens is 6. The average Bonchev–Trinajstić information content (AvgIpc) is 3.44. The molecule has 12 nitrogen and oxygen atoms in total. The molecule has 0 aliphatic rings. The fraction of sp³-hybridized carbons (Fsp3) is 0.339. The van der Waals surface area contributed by atoms with Crippen molar-refractivity contribution in [2.24, 2.45) is 0 Å². The molecule has 5 aromatic rings. The smallest absolute Gasteiger partial charge is 0.420 e. The van der Waals surface area contributed by atoms with Gasteiger partial charge >= 0.3 is 42.2 Å². The molecule has 0 bridgehead atoms. The van der Waals surface area contributed by atoms with Crippen molar-refractivity contribution < 1.29 is 83.5 Å². The van der Waals surface area contributed by atoms with E-state index in [0.717, 1.165) is 63.5 Å². The van der Waals surface area contributed by atoms with Crippen LogP contribution in [0.4, 0.5) is 26.3 Å². The number of aryl methyl sites for hydroxylation is 2. The van der Waals surface area contributed by atoms with Crippen LogP contribution >= 0.6 is 0 Å². The molecule has 0 fully saturated rings. The SMILES string of the molecule is C=CC(=O)OCCCCCCOc1ccc(C(=O)Oc2ccc(OC(=O)c3ccc(OCCCCCCOC(=O)C=C)cc3)c(C(F)(F)F)c2C(F)(F)F)cc1.C=CC(=O)OCCCCCCc1ccc(-c2ccc(C)cc2)cc1. The monoisotopic (exact) mass is 1120 g/mol. The molecule has 0 saturated heterocycles. The average molecular weight is 1120 g/mol. The van der Waals surface area contributed by atoms with E-state index >= 15 is 0 Å². The van der Waals surface area contributed by atoms with E-state index in [1.165, 1.54) is 83.3 Å². The first-order valence-electron chi connectivity index (χ1n) is 26.1.